The Morgan fingerprint density at radius 2 is 2.06 bits per heavy atom. The smallest absolute Gasteiger partial charge is 0.284 e. The molecule has 1 aromatic rings. The van der Waals surface area contributed by atoms with Crippen molar-refractivity contribution < 1.29 is 18.8 Å². The van der Waals surface area contributed by atoms with E-state index in [2.05, 4.69) is 5.48 Å². The Morgan fingerprint density at radius 1 is 1.44 bits per heavy atom. The molecule has 0 heterocycles. The lowest BCUT2D eigenvalue weighted by atomic mass is 10.3. The number of amides is 1. The van der Waals surface area contributed by atoms with Crippen LogP contribution in [0.2, 0.25) is 0 Å². The van der Waals surface area contributed by atoms with Gasteiger partial charge in [-0.3, -0.25) is 9.63 Å². The molecular formula is C11H14FNO3. The number of halogens is 1. The number of rotatable bonds is 5. The molecule has 0 fully saturated rings. The van der Waals surface area contributed by atoms with Crippen LogP contribution >= 0.6 is 0 Å². The molecule has 1 unspecified atom stereocenters. The van der Waals surface area contributed by atoms with Gasteiger partial charge < -0.3 is 4.74 Å². The molecule has 0 radical (unpaired) electrons. The van der Waals surface area contributed by atoms with Gasteiger partial charge in [0.05, 0.1) is 6.61 Å². The molecule has 0 bridgehead atoms. The second-order valence-corrected chi connectivity index (χ2v) is 3.11. The maximum Gasteiger partial charge on any atom is 0.284 e. The summed E-state index contributed by atoms with van der Waals surface area (Å²) in [6, 6.07) is 5.45. The number of benzene rings is 1. The molecule has 0 spiro atoms. The Labute approximate surface area is 93.3 Å². The van der Waals surface area contributed by atoms with E-state index in [0.717, 1.165) is 0 Å². The lowest BCUT2D eigenvalue weighted by molar-refractivity contribution is -0.139. The third-order valence-electron chi connectivity index (χ3n) is 1.81. The lowest BCUT2D eigenvalue weighted by Crippen LogP contribution is -2.36. The van der Waals surface area contributed by atoms with E-state index in [1.165, 1.54) is 24.3 Å². The molecule has 4 nitrogen and oxygen atoms in total. The van der Waals surface area contributed by atoms with Gasteiger partial charge in [0, 0.05) is 0 Å². The van der Waals surface area contributed by atoms with Gasteiger partial charge in [-0.25, -0.2) is 9.87 Å². The first-order chi connectivity index (χ1) is 7.63. The summed E-state index contributed by atoms with van der Waals surface area (Å²) in [6.07, 6.45) is -0.697. The van der Waals surface area contributed by atoms with Gasteiger partial charge in [0.25, 0.3) is 5.91 Å². The molecule has 1 rings (SSSR count). The zero-order valence-electron chi connectivity index (χ0n) is 9.20. The highest BCUT2D eigenvalue weighted by molar-refractivity contribution is 5.79. The first-order valence-corrected chi connectivity index (χ1v) is 4.97. The molecule has 0 saturated heterocycles. The van der Waals surface area contributed by atoms with Crippen LogP contribution in [0.1, 0.15) is 13.8 Å². The molecule has 0 aliphatic rings. The summed E-state index contributed by atoms with van der Waals surface area (Å²) in [5, 5.41) is 0. The van der Waals surface area contributed by atoms with Crippen LogP contribution in [0.3, 0.4) is 0 Å². The minimum atomic E-state index is -0.697. The molecule has 0 saturated carbocycles. The van der Waals surface area contributed by atoms with Crippen molar-refractivity contribution in [1.29, 1.82) is 0 Å². The molecule has 0 aliphatic heterocycles. The van der Waals surface area contributed by atoms with Crippen LogP contribution in [0.25, 0.3) is 0 Å². The highest BCUT2D eigenvalue weighted by Crippen LogP contribution is 2.12. The van der Waals surface area contributed by atoms with E-state index >= 15 is 0 Å². The van der Waals surface area contributed by atoms with Gasteiger partial charge in [0.15, 0.2) is 6.10 Å². The molecule has 1 amide bonds. The highest BCUT2D eigenvalue weighted by atomic mass is 19.1. The van der Waals surface area contributed by atoms with E-state index in [9.17, 15) is 9.18 Å². The monoisotopic (exact) mass is 227 g/mol. The number of hydroxylamine groups is 1. The fourth-order valence-electron chi connectivity index (χ4n) is 0.997. The minimum Gasteiger partial charge on any atom is -0.481 e. The zero-order chi connectivity index (χ0) is 12.0. The maximum absolute atomic E-state index is 12.6. The predicted octanol–water partition coefficient (Wildman–Crippen LogP) is 1.66. The average molecular weight is 227 g/mol. The van der Waals surface area contributed by atoms with E-state index in [1.54, 1.807) is 13.8 Å². The first kappa shape index (κ1) is 12.4. The summed E-state index contributed by atoms with van der Waals surface area (Å²) >= 11 is 0. The van der Waals surface area contributed by atoms with E-state index in [-0.39, 0.29) is 11.7 Å². The number of hydrogen-bond donors (Lipinski definition) is 1. The fraction of sp³-hybridized carbons (Fsp3) is 0.364. The number of hydrogen-bond acceptors (Lipinski definition) is 3. The third-order valence-corrected chi connectivity index (χ3v) is 1.81. The Balaban J connectivity index is 2.47. The topological polar surface area (TPSA) is 47.6 Å². The second kappa shape index (κ2) is 6.07. The Hall–Kier alpha value is -1.62. The fourth-order valence-corrected chi connectivity index (χ4v) is 0.997. The zero-order valence-corrected chi connectivity index (χ0v) is 9.20. The molecule has 5 heteroatoms. The summed E-state index contributed by atoms with van der Waals surface area (Å²) in [5.74, 6) is -0.300. The van der Waals surface area contributed by atoms with Gasteiger partial charge >= 0.3 is 0 Å². The van der Waals surface area contributed by atoms with Crippen LogP contribution in [0.5, 0.6) is 5.75 Å². The van der Waals surface area contributed by atoms with Gasteiger partial charge in [-0.1, -0.05) is 0 Å². The van der Waals surface area contributed by atoms with Crippen molar-refractivity contribution in [2.45, 2.75) is 20.0 Å². The third kappa shape index (κ3) is 3.86. The molecular weight excluding hydrogens is 213 g/mol. The summed E-state index contributed by atoms with van der Waals surface area (Å²) < 4.78 is 17.9. The predicted molar refractivity (Wildman–Crippen MR) is 56.3 cm³/mol. The van der Waals surface area contributed by atoms with Crippen LogP contribution in [0.4, 0.5) is 4.39 Å². The van der Waals surface area contributed by atoms with Crippen LogP contribution in [-0.4, -0.2) is 18.6 Å². The molecule has 0 aliphatic carbocycles. The van der Waals surface area contributed by atoms with Crippen molar-refractivity contribution in [3.8, 4) is 5.75 Å². The first-order valence-electron chi connectivity index (χ1n) is 4.97. The van der Waals surface area contributed by atoms with Crippen molar-refractivity contribution in [3.63, 3.8) is 0 Å². The highest BCUT2D eigenvalue weighted by Gasteiger charge is 2.14. The quantitative estimate of drug-likeness (QED) is 0.778. The van der Waals surface area contributed by atoms with E-state index in [1.807, 2.05) is 0 Å². The molecule has 16 heavy (non-hydrogen) atoms. The largest absolute Gasteiger partial charge is 0.481 e. The average Bonchev–Trinajstić information content (AvgIpc) is 2.29. The molecule has 1 aromatic carbocycles. The number of carbonyl (C=O) groups excluding carboxylic acids is 1. The van der Waals surface area contributed by atoms with Crippen LogP contribution < -0.4 is 10.2 Å². The number of carbonyl (C=O) groups is 1. The van der Waals surface area contributed by atoms with Gasteiger partial charge in [-0.05, 0) is 38.1 Å². The van der Waals surface area contributed by atoms with E-state index in [4.69, 9.17) is 9.57 Å². The normalized spacial score (nSPS) is 11.9. The molecule has 0 aromatic heterocycles. The van der Waals surface area contributed by atoms with Crippen molar-refractivity contribution in [3.05, 3.63) is 30.1 Å². The van der Waals surface area contributed by atoms with Gasteiger partial charge in [-0.15, -0.1) is 0 Å². The molecule has 1 atom stereocenters. The van der Waals surface area contributed by atoms with Crippen molar-refractivity contribution in [2.75, 3.05) is 6.61 Å². The Kier molecular flexibility index (Phi) is 4.72. The Morgan fingerprint density at radius 3 is 2.62 bits per heavy atom. The van der Waals surface area contributed by atoms with Crippen LogP contribution in [0, 0.1) is 5.82 Å². The number of ether oxygens (including phenoxy) is 1. The van der Waals surface area contributed by atoms with Crippen molar-refractivity contribution in [1.82, 2.24) is 5.48 Å². The summed E-state index contributed by atoms with van der Waals surface area (Å²) in [4.78, 5) is 16.1. The lowest BCUT2D eigenvalue weighted by Gasteiger charge is -2.13. The minimum absolute atomic E-state index is 0.348. The van der Waals surface area contributed by atoms with E-state index < -0.39 is 6.10 Å². The summed E-state index contributed by atoms with van der Waals surface area (Å²) in [5.41, 5.74) is 2.23. The van der Waals surface area contributed by atoms with Gasteiger partial charge in [0.2, 0.25) is 0 Å². The maximum atomic E-state index is 12.6. The van der Waals surface area contributed by atoms with Gasteiger partial charge in [-0.2, -0.15) is 0 Å². The van der Waals surface area contributed by atoms with Crippen molar-refractivity contribution >= 4 is 5.91 Å². The second-order valence-electron chi connectivity index (χ2n) is 3.11. The van der Waals surface area contributed by atoms with Crippen LogP contribution in [-0.2, 0) is 9.63 Å². The van der Waals surface area contributed by atoms with Crippen LogP contribution in [0.15, 0.2) is 24.3 Å². The number of nitrogens with one attached hydrogen (secondary N) is 1. The van der Waals surface area contributed by atoms with Gasteiger partial charge in [0.1, 0.15) is 11.6 Å². The standard InChI is InChI=1S/C11H14FNO3/c1-3-15-13-11(14)8(2)16-10-6-4-9(12)5-7-10/h4-8H,3H2,1-2H3,(H,13,14). The molecule has 1 N–H and O–H groups in total. The Bertz CT molecular complexity index is 340. The molecule has 88 valence electrons. The summed E-state index contributed by atoms with van der Waals surface area (Å²) in [7, 11) is 0. The summed E-state index contributed by atoms with van der Waals surface area (Å²) in [6.45, 7) is 3.72. The SMILES string of the molecule is CCONC(=O)C(C)Oc1ccc(F)cc1. The van der Waals surface area contributed by atoms with E-state index in [0.29, 0.717) is 12.4 Å². The van der Waals surface area contributed by atoms with Crippen molar-refractivity contribution in [2.24, 2.45) is 0 Å².